The number of aromatic nitrogens is 4. The van der Waals surface area contributed by atoms with Gasteiger partial charge >= 0.3 is 5.97 Å². The monoisotopic (exact) mass is 341 g/mol. The van der Waals surface area contributed by atoms with Gasteiger partial charge < -0.3 is 10.8 Å². The maximum Gasteiger partial charge on any atom is 0.303 e. The van der Waals surface area contributed by atoms with Gasteiger partial charge in [-0.15, -0.1) is 0 Å². The predicted molar refractivity (Wildman–Crippen MR) is 93.6 cm³/mol. The van der Waals surface area contributed by atoms with Crippen molar-refractivity contribution in [3.8, 4) is 11.8 Å². The molecule has 2 aromatic heterocycles. The Kier molecular flexibility index (Phi) is 4.15. The van der Waals surface area contributed by atoms with E-state index < -0.39 is 5.97 Å². The highest BCUT2D eigenvalue weighted by Crippen LogP contribution is 2.55. The Bertz CT molecular complexity index is 890. The molecule has 0 spiro atoms. The van der Waals surface area contributed by atoms with Gasteiger partial charge in [-0.25, -0.2) is 4.98 Å². The van der Waals surface area contributed by atoms with E-state index in [1.54, 1.807) is 0 Å². The van der Waals surface area contributed by atoms with Gasteiger partial charge in [0, 0.05) is 12.3 Å². The number of hydrogen-bond donors (Lipinski definition) is 2. The van der Waals surface area contributed by atoms with Crippen LogP contribution in [-0.2, 0) is 4.79 Å². The zero-order valence-electron chi connectivity index (χ0n) is 14.9. The Morgan fingerprint density at radius 3 is 2.92 bits per heavy atom. The van der Waals surface area contributed by atoms with E-state index in [4.69, 9.17) is 10.8 Å². The molecule has 0 bridgehead atoms. The van der Waals surface area contributed by atoms with Crippen LogP contribution in [0.25, 0.3) is 5.78 Å². The van der Waals surface area contributed by atoms with Crippen molar-refractivity contribution in [1.82, 2.24) is 19.6 Å². The largest absolute Gasteiger partial charge is 0.481 e. The van der Waals surface area contributed by atoms with Crippen LogP contribution in [0.5, 0.6) is 0 Å². The van der Waals surface area contributed by atoms with E-state index in [-0.39, 0.29) is 23.7 Å². The number of hydrogen-bond acceptors (Lipinski definition) is 5. The number of fused-ring (bicyclic) bond motifs is 1. The minimum absolute atomic E-state index is 0.0266. The van der Waals surface area contributed by atoms with Crippen molar-refractivity contribution in [2.45, 2.75) is 40.5 Å². The van der Waals surface area contributed by atoms with E-state index in [9.17, 15) is 4.79 Å². The number of nitrogen functional groups attached to an aromatic ring is 1. The lowest BCUT2D eigenvalue weighted by Crippen LogP contribution is -2.48. The first kappa shape index (κ1) is 17.2. The lowest BCUT2D eigenvalue weighted by molar-refractivity contribution is -0.144. The van der Waals surface area contributed by atoms with Crippen LogP contribution in [0.1, 0.15) is 44.9 Å². The van der Waals surface area contributed by atoms with Crippen molar-refractivity contribution in [3.05, 3.63) is 17.6 Å². The summed E-state index contributed by atoms with van der Waals surface area (Å²) in [5.74, 6) is 7.35. The molecule has 0 aromatic carbocycles. The molecule has 0 radical (unpaired) electrons. The van der Waals surface area contributed by atoms with E-state index in [2.05, 4.69) is 47.7 Å². The quantitative estimate of drug-likeness (QED) is 0.828. The maximum absolute atomic E-state index is 11.0. The number of carboxylic acid groups (broad SMARTS) is 1. The summed E-state index contributed by atoms with van der Waals surface area (Å²) in [7, 11) is 0. The summed E-state index contributed by atoms with van der Waals surface area (Å²) in [6.45, 7) is 8.21. The fraction of sp³-hybridized carbons (Fsp3) is 0.556. The van der Waals surface area contributed by atoms with Crippen molar-refractivity contribution in [1.29, 1.82) is 0 Å². The van der Waals surface area contributed by atoms with Crippen molar-refractivity contribution in [2.75, 3.05) is 5.73 Å². The second kappa shape index (κ2) is 6.03. The number of aryl methyl sites for hydroxylation is 1. The Labute approximate surface area is 146 Å². The summed E-state index contributed by atoms with van der Waals surface area (Å²) in [6, 6.07) is 0. The van der Waals surface area contributed by atoms with Crippen LogP contribution in [0.3, 0.4) is 0 Å². The number of aliphatic carboxylic acids is 1. The second-order valence-corrected chi connectivity index (χ2v) is 7.45. The first-order valence-corrected chi connectivity index (χ1v) is 8.41. The highest BCUT2D eigenvalue weighted by Gasteiger charge is 2.50. The zero-order chi connectivity index (χ0) is 18.4. The molecule has 0 amide bonds. The molecule has 1 saturated carbocycles. The summed E-state index contributed by atoms with van der Waals surface area (Å²) in [6.07, 6.45) is 2.53. The standard InChI is InChI=1S/C18H23N5O2/c1-10(14-7-12(8-15(24)25)18(14,3)4)5-6-13-11(2)22-17-20-9-21-23(17)16(13)19/h9-10,12,14H,7-8,19H2,1-4H3,(H,24,25). The summed E-state index contributed by atoms with van der Waals surface area (Å²) in [5, 5.41) is 13.1. The lowest BCUT2D eigenvalue weighted by atomic mass is 9.50. The Morgan fingerprint density at radius 2 is 2.28 bits per heavy atom. The van der Waals surface area contributed by atoms with Crippen LogP contribution in [0.2, 0.25) is 0 Å². The first-order chi connectivity index (χ1) is 11.7. The topological polar surface area (TPSA) is 106 Å². The van der Waals surface area contributed by atoms with Gasteiger partial charge in [-0.2, -0.15) is 14.6 Å². The zero-order valence-corrected chi connectivity index (χ0v) is 14.9. The summed E-state index contributed by atoms with van der Waals surface area (Å²) >= 11 is 0. The highest BCUT2D eigenvalue weighted by molar-refractivity contribution is 5.67. The van der Waals surface area contributed by atoms with Crippen LogP contribution in [0.15, 0.2) is 6.33 Å². The van der Waals surface area contributed by atoms with Crippen LogP contribution in [0, 0.1) is 41.9 Å². The Morgan fingerprint density at radius 1 is 1.56 bits per heavy atom. The lowest BCUT2D eigenvalue weighted by Gasteiger charge is -2.53. The van der Waals surface area contributed by atoms with Gasteiger partial charge in [0.05, 0.1) is 11.3 Å². The number of rotatable bonds is 3. The molecule has 3 rings (SSSR count). The fourth-order valence-corrected chi connectivity index (χ4v) is 3.88. The maximum atomic E-state index is 11.0. The van der Waals surface area contributed by atoms with Gasteiger partial charge in [0.1, 0.15) is 12.1 Å². The summed E-state index contributed by atoms with van der Waals surface area (Å²) < 4.78 is 1.48. The van der Waals surface area contributed by atoms with Crippen LogP contribution in [-0.4, -0.2) is 30.7 Å². The molecule has 1 fully saturated rings. The van der Waals surface area contributed by atoms with Gasteiger partial charge in [-0.1, -0.05) is 32.6 Å². The third-order valence-corrected chi connectivity index (χ3v) is 5.64. The minimum Gasteiger partial charge on any atom is -0.481 e. The Balaban J connectivity index is 1.82. The van der Waals surface area contributed by atoms with Crippen LogP contribution >= 0.6 is 0 Å². The van der Waals surface area contributed by atoms with Gasteiger partial charge in [-0.3, -0.25) is 4.79 Å². The van der Waals surface area contributed by atoms with E-state index >= 15 is 0 Å². The molecule has 2 aromatic rings. The predicted octanol–water partition coefficient (Wildman–Crippen LogP) is 2.14. The van der Waals surface area contributed by atoms with Crippen LogP contribution in [0.4, 0.5) is 5.82 Å². The second-order valence-electron chi connectivity index (χ2n) is 7.45. The molecule has 25 heavy (non-hydrogen) atoms. The summed E-state index contributed by atoms with van der Waals surface area (Å²) in [4.78, 5) is 19.4. The van der Waals surface area contributed by atoms with E-state index in [0.29, 0.717) is 23.1 Å². The third kappa shape index (κ3) is 2.93. The van der Waals surface area contributed by atoms with Crippen molar-refractivity contribution < 1.29 is 9.90 Å². The highest BCUT2D eigenvalue weighted by atomic mass is 16.4. The van der Waals surface area contributed by atoms with E-state index in [1.165, 1.54) is 10.8 Å². The van der Waals surface area contributed by atoms with Crippen LogP contribution < -0.4 is 5.73 Å². The fourth-order valence-electron chi connectivity index (χ4n) is 3.88. The molecule has 2 heterocycles. The van der Waals surface area contributed by atoms with Crippen molar-refractivity contribution in [2.24, 2.45) is 23.2 Å². The number of carboxylic acids is 1. The molecule has 1 aliphatic carbocycles. The third-order valence-electron chi connectivity index (χ3n) is 5.64. The van der Waals surface area contributed by atoms with Crippen molar-refractivity contribution in [3.63, 3.8) is 0 Å². The number of anilines is 1. The molecule has 7 nitrogen and oxygen atoms in total. The van der Waals surface area contributed by atoms with Crippen molar-refractivity contribution >= 4 is 17.6 Å². The van der Waals surface area contributed by atoms with Gasteiger partial charge in [-0.05, 0) is 30.6 Å². The summed E-state index contributed by atoms with van der Waals surface area (Å²) in [5.41, 5.74) is 7.53. The average molecular weight is 341 g/mol. The molecule has 7 heteroatoms. The molecule has 3 N–H and O–H groups in total. The smallest absolute Gasteiger partial charge is 0.303 e. The molecule has 3 atom stereocenters. The Hall–Kier alpha value is -2.62. The van der Waals surface area contributed by atoms with E-state index in [1.807, 2.05) is 6.92 Å². The average Bonchev–Trinajstić information content (AvgIpc) is 2.98. The SMILES string of the molecule is Cc1nc2ncnn2c(N)c1C#CC(C)C1CC(CC(=O)O)C1(C)C. The molecular weight excluding hydrogens is 318 g/mol. The number of nitrogens with zero attached hydrogens (tertiary/aromatic N) is 4. The van der Waals surface area contributed by atoms with E-state index in [0.717, 1.165) is 12.1 Å². The number of carbonyl (C=O) groups is 1. The van der Waals surface area contributed by atoms with Gasteiger partial charge in [0.25, 0.3) is 5.78 Å². The molecule has 3 unspecified atom stereocenters. The molecule has 0 saturated heterocycles. The normalized spacial score (nSPS) is 22.7. The molecule has 1 aliphatic rings. The molecule has 132 valence electrons. The van der Waals surface area contributed by atoms with Gasteiger partial charge in [0.15, 0.2) is 0 Å². The molecular formula is C18H23N5O2. The minimum atomic E-state index is -0.731. The molecule has 0 aliphatic heterocycles. The number of nitrogens with two attached hydrogens (primary N) is 1. The first-order valence-electron chi connectivity index (χ1n) is 8.41. The van der Waals surface area contributed by atoms with Gasteiger partial charge in [0.2, 0.25) is 0 Å².